The number of anilines is 1. The summed E-state index contributed by atoms with van der Waals surface area (Å²) in [5, 5.41) is 18.0. The van der Waals surface area contributed by atoms with Gasteiger partial charge in [0, 0.05) is 17.3 Å². The van der Waals surface area contributed by atoms with Crippen molar-refractivity contribution < 1.29 is 9.18 Å². The number of aromatic nitrogens is 3. The largest absolute Gasteiger partial charge is 0.311 e. The molecule has 3 rings (SSSR count). The van der Waals surface area contributed by atoms with Crippen LogP contribution in [0.2, 0.25) is 5.02 Å². The lowest BCUT2D eigenvalue weighted by atomic mass is 10.2. The number of halogens is 2. The Kier molecular flexibility index (Phi) is 6.63. The second-order valence-electron chi connectivity index (χ2n) is 5.68. The maximum atomic E-state index is 13.2. The van der Waals surface area contributed by atoms with Gasteiger partial charge < -0.3 is 4.90 Å². The van der Waals surface area contributed by atoms with Crippen molar-refractivity contribution in [1.82, 2.24) is 14.8 Å². The summed E-state index contributed by atoms with van der Waals surface area (Å²) in [5.74, 6) is -0.518. The van der Waals surface area contributed by atoms with Gasteiger partial charge >= 0.3 is 0 Å². The highest BCUT2D eigenvalue weighted by molar-refractivity contribution is 7.99. The lowest BCUT2D eigenvalue weighted by Gasteiger charge is -2.21. The van der Waals surface area contributed by atoms with E-state index in [-0.39, 0.29) is 30.4 Å². The maximum absolute atomic E-state index is 13.2. The highest BCUT2D eigenvalue weighted by Crippen LogP contribution is 2.23. The highest BCUT2D eigenvalue weighted by atomic mass is 35.5. The third-order valence-corrected chi connectivity index (χ3v) is 4.98. The van der Waals surface area contributed by atoms with Crippen LogP contribution in [-0.4, -0.2) is 33.0 Å². The smallest absolute Gasteiger partial charge is 0.237 e. The van der Waals surface area contributed by atoms with Gasteiger partial charge in [0.2, 0.25) is 5.91 Å². The van der Waals surface area contributed by atoms with Crippen LogP contribution in [0.3, 0.4) is 0 Å². The van der Waals surface area contributed by atoms with E-state index in [1.807, 2.05) is 18.2 Å². The Bertz CT molecular complexity index is 1000. The van der Waals surface area contributed by atoms with Crippen LogP contribution in [0.15, 0.2) is 60.0 Å². The molecule has 0 unspecified atom stereocenters. The van der Waals surface area contributed by atoms with Crippen LogP contribution in [0, 0.1) is 17.1 Å². The van der Waals surface area contributed by atoms with Crippen molar-refractivity contribution in [3.8, 4) is 11.8 Å². The van der Waals surface area contributed by atoms with Crippen molar-refractivity contribution in [2.45, 2.75) is 11.6 Å². The molecule has 0 bridgehead atoms. The van der Waals surface area contributed by atoms with E-state index < -0.39 is 0 Å². The van der Waals surface area contributed by atoms with Crippen LogP contribution in [0.25, 0.3) is 5.69 Å². The summed E-state index contributed by atoms with van der Waals surface area (Å²) in [6, 6.07) is 14.8. The van der Waals surface area contributed by atoms with Crippen molar-refractivity contribution in [3.63, 3.8) is 0 Å². The summed E-state index contributed by atoms with van der Waals surface area (Å²) in [5.41, 5.74) is 1.32. The average Bonchev–Trinajstić information content (AvgIpc) is 3.16. The fourth-order valence-corrected chi connectivity index (χ4v) is 3.50. The molecule has 0 saturated heterocycles. The fourth-order valence-electron chi connectivity index (χ4n) is 2.51. The van der Waals surface area contributed by atoms with E-state index in [0.717, 1.165) is 5.69 Å². The number of hydrogen-bond donors (Lipinski definition) is 0. The van der Waals surface area contributed by atoms with E-state index in [1.165, 1.54) is 40.9 Å². The summed E-state index contributed by atoms with van der Waals surface area (Å²) < 4.78 is 14.9. The molecule has 0 aliphatic rings. The molecule has 1 heterocycles. The molecule has 0 aliphatic carbocycles. The zero-order valence-electron chi connectivity index (χ0n) is 14.6. The van der Waals surface area contributed by atoms with Crippen LogP contribution in [0.1, 0.15) is 6.42 Å². The summed E-state index contributed by atoms with van der Waals surface area (Å²) in [6.07, 6.45) is 1.72. The van der Waals surface area contributed by atoms with Crippen LogP contribution in [-0.2, 0) is 4.79 Å². The summed E-state index contributed by atoms with van der Waals surface area (Å²) in [7, 11) is 0. The Morgan fingerprint density at radius 1 is 1.29 bits per heavy atom. The van der Waals surface area contributed by atoms with Crippen LogP contribution in [0.4, 0.5) is 10.1 Å². The molecule has 28 heavy (non-hydrogen) atoms. The quantitative estimate of drug-likeness (QED) is 0.543. The third kappa shape index (κ3) is 4.88. The number of hydrogen-bond acceptors (Lipinski definition) is 5. The fraction of sp³-hybridized carbons (Fsp3) is 0.158. The van der Waals surface area contributed by atoms with Crippen molar-refractivity contribution in [1.29, 1.82) is 5.26 Å². The molecule has 9 heteroatoms. The van der Waals surface area contributed by atoms with Crippen molar-refractivity contribution in [2.75, 3.05) is 17.2 Å². The summed E-state index contributed by atoms with van der Waals surface area (Å²) >= 11 is 7.26. The number of rotatable bonds is 7. The molecule has 142 valence electrons. The first-order chi connectivity index (χ1) is 13.6. The number of amides is 1. The first-order valence-electron chi connectivity index (χ1n) is 8.30. The van der Waals surface area contributed by atoms with Crippen LogP contribution in [0.5, 0.6) is 0 Å². The first kappa shape index (κ1) is 19.9. The minimum absolute atomic E-state index is 0.0854. The van der Waals surface area contributed by atoms with E-state index in [1.54, 1.807) is 23.0 Å². The van der Waals surface area contributed by atoms with Gasteiger partial charge in [-0.1, -0.05) is 29.4 Å². The molecule has 2 aromatic carbocycles. The zero-order chi connectivity index (χ0) is 19.9. The molecule has 1 amide bonds. The number of benzene rings is 2. The number of nitrogens with zero attached hydrogens (tertiary/aromatic N) is 5. The van der Waals surface area contributed by atoms with Gasteiger partial charge in [0.25, 0.3) is 0 Å². The van der Waals surface area contributed by atoms with Crippen molar-refractivity contribution in [3.05, 3.63) is 65.7 Å². The van der Waals surface area contributed by atoms with Crippen LogP contribution < -0.4 is 4.90 Å². The van der Waals surface area contributed by atoms with E-state index in [0.29, 0.717) is 15.9 Å². The standard InChI is InChI=1S/C19H15ClFN5OS/c20-14-3-1-4-17(11-14)26-13-23-24-19(26)28-12-18(27)25(10-2-9-22)16-7-5-15(21)6-8-16/h1,3-8,11,13H,2,10,12H2. The lowest BCUT2D eigenvalue weighted by Crippen LogP contribution is -2.33. The molecule has 0 atom stereocenters. The molecule has 0 saturated carbocycles. The third-order valence-electron chi connectivity index (χ3n) is 3.81. The van der Waals surface area contributed by atoms with Crippen molar-refractivity contribution >= 4 is 35.0 Å². The Hall–Kier alpha value is -2.89. The Morgan fingerprint density at radius 2 is 2.07 bits per heavy atom. The van der Waals surface area contributed by atoms with Gasteiger partial charge in [-0.25, -0.2) is 4.39 Å². The van der Waals surface area contributed by atoms with Gasteiger partial charge in [-0.15, -0.1) is 10.2 Å². The summed E-state index contributed by atoms with van der Waals surface area (Å²) in [6.45, 7) is 0.225. The lowest BCUT2D eigenvalue weighted by molar-refractivity contribution is -0.116. The van der Waals surface area contributed by atoms with Gasteiger partial charge in [-0.3, -0.25) is 9.36 Å². The molecule has 0 fully saturated rings. The van der Waals surface area contributed by atoms with E-state index in [2.05, 4.69) is 10.2 Å². The highest BCUT2D eigenvalue weighted by Gasteiger charge is 2.18. The first-order valence-corrected chi connectivity index (χ1v) is 9.66. The Morgan fingerprint density at radius 3 is 2.79 bits per heavy atom. The predicted molar refractivity (Wildman–Crippen MR) is 106 cm³/mol. The normalized spacial score (nSPS) is 10.5. The monoisotopic (exact) mass is 415 g/mol. The van der Waals surface area contributed by atoms with Gasteiger partial charge in [0.15, 0.2) is 5.16 Å². The minimum Gasteiger partial charge on any atom is -0.311 e. The molecular formula is C19H15ClFN5OS. The zero-order valence-corrected chi connectivity index (χ0v) is 16.2. The van der Waals surface area contributed by atoms with Gasteiger partial charge in [-0.05, 0) is 42.5 Å². The van der Waals surface area contributed by atoms with Crippen molar-refractivity contribution in [2.24, 2.45) is 0 Å². The second-order valence-corrected chi connectivity index (χ2v) is 7.06. The van der Waals surface area contributed by atoms with E-state index in [4.69, 9.17) is 16.9 Å². The Balaban J connectivity index is 1.74. The number of carbonyl (C=O) groups is 1. The van der Waals surface area contributed by atoms with Gasteiger partial charge in [0.1, 0.15) is 12.1 Å². The van der Waals surface area contributed by atoms with Gasteiger partial charge in [-0.2, -0.15) is 5.26 Å². The predicted octanol–water partition coefficient (Wildman–Crippen LogP) is 4.10. The molecule has 0 spiro atoms. The maximum Gasteiger partial charge on any atom is 0.237 e. The van der Waals surface area contributed by atoms with Crippen LogP contribution >= 0.6 is 23.4 Å². The summed E-state index contributed by atoms with van der Waals surface area (Å²) in [4.78, 5) is 14.2. The molecule has 0 radical (unpaired) electrons. The second kappa shape index (κ2) is 9.35. The Labute approximate surface area is 170 Å². The van der Waals surface area contributed by atoms with Gasteiger partial charge in [0.05, 0.1) is 23.9 Å². The minimum atomic E-state index is -0.388. The molecule has 3 aromatic rings. The number of thioether (sulfide) groups is 1. The number of nitriles is 1. The number of carbonyl (C=O) groups excluding carboxylic acids is 1. The molecule has 6 nitrogen and oxygen atoms in total. The molecule has 1 aromatic heterocycles. The topological polar surface area (TPSA) is 74.8 Å². The van der Waals surface area contributed by atoms with E-state index >= 15 is 0 Å². The molecular weight excluding hydrogens is 401 g/mol. The average molecular weight is 416 g/mol. The van der Waals surface area contributed by atoms with E-state index in [9.17, 15) is 9.18 Å². The SMILES string of the molecule is N#CCCN(C(=O)CSc1nncn1-c1cccc(Cl)c1)c1ccc(F)cc1. The molecule has 0 N–H and O–H groups in total. The molecule has 0 aliphatic heterocycles.